The van der Waals surface area contributed by atoms with Gasteiger partial charge in [-0.3, -0.25) is 0 Å². The Bertz CT molecular complexity index is 656. The maximum absolute atomic E-state index is 5.97. The number of ether oxygens (including phenoxy) is 1. The van der Waals surface area contributed by atoms with Gasteiger partial charge in [-0.15, -0.1) is 0 Å². The lowest BCUT2D eigenvalue weighted by Gasteiger charge is -2.11. The summed E-state index contributed by atoms with van der Waals surface area (Å²) in [6.07, 6.45) is 2.34. The van der Waals surface area contributed by atoms with Crippen LogP contribution in [0.25, 0.3) is 0 Å². The van der Waals surface area contributed by atoms with E-state index in [0.717, 1.165) is 34.0 Å². The Morgan fingerprint density at radius 3 is 2.81 bits per heavy atom. The quantitative estimate of drug-likeness (QED) is 0.854. The van der Waals surface area contributed by atoms with Crippen molar-refractivity contribution in [1.29, 1.82) is 0 Å². The van der Waals surface area contributed by atoms with E-state index >= 15 is 0 Å². The van der Waals surface area contributed by atoms with Crippen LogP contribution in [0.15, 0.2) is 28.7 Å². The number of nitrogens with one attached hydrogen (secondary N) is 1. The summed E-state index contributed by atoms with van der Waals surface area (Å²) < 4.78 is 6.97. The third-order valence-electron chi connectivity index (χ3n) is 3.39. The molecule has 1 fully saturated rings. The third-order valence-corrected chi connectivity index (χ3v) is 3.88. The smallest absolute Gasteiger partial charge is 0.224 e. The van der Waals surface area contributed by atoms with E-state index in [4.69, 9.17) is 4.74 Å². The van der Waals surface area contributed by atoms with Gasteiger partial charge >= 0.3 is 0 Å². The molecule has 0 unspecified atom stereocenters. The average Bonchev–Trinajstić information content (AvgIpc) is 3.28. The van der Waals surface area contributed by atoms with Gasteiger partial charge in [-0.05, 0) is 44.4 Å². The first-order valence-corrected chi connectivity index (χ1v) is 8.02. The molecule has 0 spiro atoms. The minimum atomic E-state index is 0.495. The molecule has 1 aliphatic carbocycles. The van der Waals surface area contributed by atoms with Crippen LogP contribution in [0.5, 0.6) is 11.6 Å². The second-order valence-electron chi connectivity index (χ2n) is 5.27. The molecule has 1 aromatic carbocycles. The predicted molar refractivity (Wildman–Crippen MR) is 87.1 cm³/mol. The van der Waals surface area contributed by atoms with E-state index in [0.29, 0.717) is 11.8 Å². The maximum Gasteiger partial charge on any atom is 0.224 e. The SMILES string of the molecule is CCNc1cc(Oc2cc(Br)ccc2C)nc(C2CC2)n1. The molecule has 0 bridgehead atoms. The molecule has 21 heavy (non-hydrogen) atoms. The molecule has 1 N–H and O–H groups in total. The third kappa shape index (κ3) is 3.53. The second-order valence-corrected chi connectivity index (χ2v) is 6.18. The molecule has 2 aromatic rings. The first kappa shape index (κ1) is 14.3. The van der Waals surface area contributed by atoms with Gasteiger partial charge in [0.1, 0.15) is 17.4 Å². The topological polar surface area (TPSA) is 47.0 Å². The Kier molecular flexibility index (Phi) is 4.10. The summed E-state index contributed by atoms with van der Waals surface area (Å²) in [4.78, 5) is 9.11. The van der Waals surface area contributed by atoms with Crippen LogP contribution in [0.1, 0.15) is 37.1 Å². The molecule has 3 rings (SSSR count). The number of aromatic nitrogens is 2. The normalized spacial score (nSPS) is 14.0. The Morgan fingerprint density at radius 1 is 1.29 bits per heavy atom. The average molecular weight is 348 g/mol. The van der Waals surface area contributed by atoms with Crippen LogP contribution in [0.3, 0.4) is 0 Å². The van der Waals surface area contributed by atoms with Gasteiger partial charge in [0.05, 0.1) is 0 Å². The molecule has 1 heterocycles. The van der Waals surface area contributed by atoms with E-state index in [1.54, 1.807) is 0 Å². The zero-order valence-electron chi connectivity index (χ0n) is 12.2. The van der Waals surface area contributed by atoms with Gasteiger partial charge < -0.3 is 10.1 Å². The summed E-state index contributed by atoms with van der Waals surface area (Å²) >= 11 is 3.47. The zero-order chi connectivity index (χ0) is 14.8. The van der Waals surface area contributed by atoms with E-state index in [-0.39, 0.29) is 0 Å². The number of benzene rings is 1. The summed E-state index contributed by atoms with van der Waals surface area (Å²) in [7, 11) is 0. The predicted octanol–water partition coefficient (Wildman–Crippen LogP) is 4.65. The molecule has 110 valence electrons. The van der Waals surface area contributed by atoms with Crippen LogP contribution in [-0.2, 0) is 0 Å². The van der Waals surface area contributed by atoms with Gasteiger partial charge in [-0.25, -0.2) is 4.98 Å². The van der Waals surface area contributed by atoms with Gasteiger partial charge in [0.2, 0.25) is 5.88 Å². The number of halogens is 1. The molecule has 0 radical (unpaired) electrons. The zero-order valence-corrected chi connectivity index (χ0v) is 13.8. The lowest BCUT2D eigenvalue weighted by Crippen LogP contribution is -2.04. The van der Waals surface area contributed by atoms with Crippen molar-refractivity contribution in [3.05, 3.63) is 40.1 Å². The summed E-state index contributed by atoms with van der Waals surface area (Å²) in [5, 5.41) is 3.24. The van der Waals surface area contributed by atoms with Crippen molar-refractivity contribution >= 4 is 21.7 Å². The highest BCUT2D eigenvalue weighted by molar-refractivity contribution is 9.10. The Morgan fingerprint density at radius 2 is 2.10 bits per heavy atom. The molecule has 1 aliphatic rings. The first-order chi connectivity index (χ1) is 10.2. The monoisotopic (exact) mass is 347 g/mol. The largest absolute Gasteiger partial charge is 0.439 e. The van der Waals surface area contributed by atoms with Crippen LogP contribution in [0.4, 0.5) is 5.82 Å². The van der Waals surface area contributed by atoms with Crippen molar-refractivity contribution in [2.45, 2.75) is 32.6 Å². The lowest BCUT2D eigenvalue weighted by atomic mass is 10.2. The fourth-order valence-electron chi connectivity index (χ4n) is 2.09. The molecule has 1 aromatic heterocycles. The van der Waals surface area contributed by atoms with Crippen LogP contribution in [0.2, 0.25) is 0 Å². The number of hydrogen-bond acceptors (Lipinski definition) is 4. The Labute approximate surface area is 133 Å². The standard InChI is InChI=1S/C16H18BrN3O/c1-3-18-14-9-15(20-16(19-14)11-5-6-11)21-13-8-12(17)7-4-10(13)2/h4,7-9,11H,3,5-6H2,1-2H3,(H,18,19,20). The van der Waals surface area contributed by atoms with E-state index in [1.807, 2.05) is 31.2 Å². The number of rotatable bonds is 5. The van der Waals surface area contributed by atoms with E-state index in [2.05, 4.69) is 38.1 Å². The molecule has 1 saturated carbocycles. The van der Waals surface area contributed by atoms with Gasteiger partial charge in [-0.2, -0.15) is 4.98 Å². The minimum Gasteiger partial charge on any atom is -0.439 e. The number of nitrogens with zero attached hydrogens (tertiary/aromatic N) is 2. The summed E-state index contributed by atoms with van der Waals surface area (Å²) in [5.41, 5.74) is 1.08. The fraction of sp³-hybridized carbons (Fsp3) is 0.375. The maximum atomic E-state index is 5.97. The lowest BCUT2D eigenvalue weighted by molar-refractivity contribution is 0.455. The van der Waals surface area contributed by atoms with Crippen LogP contribution < -0.4 is 10.1 Å². The van der Waals surface area contributed by atoms with Crippen molar-refractivity contribution < 1.29 is 4.74 Å². The molecule has 5 heteroatoms. The van der Waals surface area contributed by atoms with Gasteiger partial charge in [0, 0.05) is 23.0 Å². The van der Waals surface area contributed by atoms with Gasteiger partial charge in [0.25, 0.3) is 0 Å². The highest BCUT2D eigenvalue weighted by Crippen LogP contribution is 2.39. The molecular weight excluding hydrogens is 330 g/mol. The van der Waals surface area contributed by atoms with Crippen molar-refractivity contribution in [2.24, 2.45) is 0 Å². The highest BCUT2D eigenvalue weighted by Gasteiger charge is 2.27. The molecule has 4 nitrogen and oxygen atoms in total. The van der Waals surface area contributed by atoms with Crippen LogP contribution >= 0.6 is 15.9 Å². The summed E-state index contributed by atoms with van der Waals surface area (Å²) in [5.74, 6) is 3.62. The molecule has 0 saturated heterocycles. The molecular formula is C16H18BrN3O. The first-order valence-electron chi connectivity index (χ1n) is 7.22. The molecule has 0 amide bonds. The highest BCUT2D eigenvalue weighted by atomic mass is 79.9. The van der Waals surface area contributed by atoms with Crippen molar-refractivity contribution in [3.8, 4) is 11.6 Å². The summed E-state index contributed by atoms with van der Waals surface area (Å²) in [6.45, 7) is 4.91. The minimum absolute atomic E-state index is 0.495. The van der Waals surface area contributed by atoms with E-state index in [1.165, 1.54) is 12.8 Å². The molecule has 0 aliphatic heterocycles. The van der Waals surface area contributed by atoms with Crippen molar-refractivity contribution in [1.82, 2.24) is 9.97 Å². The summed E-state index contributed by atoms with van der Waals surface area (Å²) in [6, 6.07) is 7.84. The Balaban J connectivity index is 1.91. The molecule has 0 atom stereocenters. The second kappa shape index (κ2) is 6.02. The number of aryl methyl sites for hydroxylation is 1. The Hall–Kier alpha value is -1.62. The van der Waals surface area contributed by atoms with E-state index in [9.17, 15) is 0 Å². The fourth-order valence-corrected chi connectivity index (χ4v) is 2.43. The van der Waals surface area contributed by atoms with Gasteiger partial charge in [0.15, 0.2) is 0 Å². The van der Waals surface area contributed by atoms with E-state index < -0.39 is 0 Å². The van der Waals surface area contributed by atoms with Crippen molar-refractivity contribution in [3.63, 3.8) is 0 Å². The number of hydrogen-bond donors (Lipinski definition) is 1. The van der Waals surface area contributed by atoms with Crippen LogP contribution in [0, 0.1) is 6.92 Å². The van der Waals surface area contributed by atoms with Gasteiger partial charge in [-0.1, -0.05) is 22.0 Å². The number of anilines is 1. The van der Waals surface area contributed by atoms with Crippen molar-refractivity contribution in [2.75, 3.05) is 11.9 Å². The van der Waals surface area contributed by atoms with Crippen LogP contribution in [-0.4, -0.2) is 16.5 Å².